The second kappa shape index (κ2) is 4.46. The highest BCUT2D eigenvalue weighted by molar-refractivity contribution is 5.84. The van der Waals surface area contributed by atoms with Crippen molar-refractivity contribution in [3.05, 3.63) is 0 Å². The number of ether oxygens (including phenoxy) is 2. The molecule has 5 atom stereocenters. The number of carbonyl (C=O) groups excluding carboxylic acids is 2. The van der Waals surface area contributed by atoms with Gasteiger partial charge in [0.25, 0.3) is 0 Å². The van der Waals surface area contributed by atoms with E-state index in [2.05, 4.69) is 6.07 Å². The van der Waals surface area contributed by atoms with Gasteiger partial charge in [0, 0.05) is 11.8 Å². The molecule has 0 aromatic rings. The van der Waals surface area contributed by atoms with Gasteiger partial charge in [0.15, 0.2) is 5.41 Å². The fraction of sp³-hybridized carbons (Fsp3) is 0.812. The van der Waals surface area contributed by atoms with E-state index in [0.717, 1.165) is 12.8 Å². The van der Waals surface area contributed by atoms with Crippen LogP contribution >= 0.6 is 0 Å². The minimum absolute atomic E-state index is 0.0324. The van der Waals surface area contributed by atoms with Crippen molar-refractivity contribution in [3.8, 4) is 6.07 Å². The maximum Gasteiger partial charge on any atom is 0.327 e. The summed E-state index contributed by atoms with van der Waals surface area (Å²) >= 11 is 0. The Morgan fingerprint density at radius 1 is 1.52 bits per heavy atom. The van der Waals surface area contributed by atoms with Crippen LogP contribution in [0.3, 0.4) is 0 Å². The molecule has 5 unspecified atom stereocenters. The summed E-state index contributed by atoms with van der Waals surface area (Å²) < 4.78 is 10.9. The van der Waals surface area contributed by atoms with E-state index in [0.29, 0.717) is 13.0 Å². The number of cyclic esters (lactones) is 1. The fourth-order valence-electron chi connectivity index (χ4n) is 4.12. The molecule has 0 radical (unpaired) electrons. The van der Waals surface area contributed by atoms with E-state index in [1.807, 2.05) is 20.8 Å². The molecule has 1 aliphatic heterocycles. The van der Waals surface area contributed by atoms with Crippen LogP contribution in [-0.4, -0.2) is 24.6 Å². The molecule has 5 nitrogen and oxygen atoms in total. The van der Waals surface area contributed by atoms with Crippen molar-refractivity contribution >= 4 is 11.9 Å². The predicted octanol–water partition coefficient (Wildman–Crippen LogP) is 2.06. The third-order valence-electron chi connectivity index (χ3n) is 5.91. The summed E-state index contributed by atoms with van der Waals surface area (Å²) in [5.74, 6) is -0.624. The van der Waals surface area contributed by atoms with Gasteiger partial charge in [-0.15, -0.1) is 0 Å². The fourth-order valence-corrected chi connectivity index (χ4v) is 4.12. The van der Waals surface area contributed by atoms with Gasteiger partial charge < -0.3 is 9.47 Å². The summed E-state index contributed by atoms with van der Waals surface area (Å²) in [6.07, 6.45) is 1.95. The van der Waals surface area contributed by atoms with E-state index in [4.69, 9.17) is 9.47 Å². The second-order valence-electron chi connectivity index (χ2n) is 7.20. The van der Waals surface area contributed by atoms with Crippen molar-refractivity contribution in [3.63, 3.8) is 0 Å². The molecular formula is C16H21NO4. The summed E-state index contributed by atoms with van der Waals surface area (Å²) in [7, 11) is 0. The summed E-state index contributed by atoms with van der Waals surface area (Å²) in [6.45, 7) is 6.01. The van der Waals surface area contributed by atoms with Crippen molar-refractivity contribution < 1.29 is 19.1 Å². The monoisotopic (exact) mass is 291 g/mol. The largest absolute Gasteiger partial charge is 0.464 e. The van der Waals surface area contributed by atoms with Crippen molar-refractivity contribution in [2.24, 2.45) is 28.6 Å². The Labute approximate surface area is 124 Å². The van der Waals surface area contributed by atoms with Crippen LogP contribution in [0.4, 0.5) is 0 Å². The molecule has 114 valence electrons. The molecule has 1 saturated heterocycles. The van der Waals surface area contributed by atoms with Crippen molar-refractivity contribution in [1.82, 2.24) is 0 Å². The molecule has 3 rings (SSSR count). The molecule has 0 amide bonds. The molecule has 21 heavy (non-hydrogen) atoms. The standard InChI is InChI=1S/C16H21NO4/c1-4-15(2,3)13(18)21-12-6-9-5-10(12)11-7-20-14(19)16(9,11)8-17/h9-12H,4-7H2,1-3H3. The third kappa shape index (κ3) is 1.74. The number of fused-ring (bicyclic) bond motifs is 5. The Morgan fingerprint density at radius 2 is 2.24 bits per heavy atom. The molecule has 2 saturated carbocycles. The Morgan fingerprint density at radius 3 is 2.86 bits per heavy atom. The molecule has 0 spiro atoms. The van der Waals surface area contributed by atoms with Crippen LogP contribution in [0.2, 0.25) is 0 Å². The van der Waals surface area contributed by atoms with Crippen molar-refractivity contribution in [2.75, 3.05) is 6.61 Å². The number of esters is 2. The highest BCUT2D eigenvalue weighted by Crippen LogP contribution is 2.63. The molecule has 3 aliphatic rings. The van der Waals surface area contributed by atoms with Gasteiger partial charge in [-0.1, -0.05) is 6.92 Å². The summed E-state index contributed by atoms with van der Waals surface area (Å²) in [4.78, 5) is 24.2. The summed E-state index contributed by atoms with van der Waals surface area (Å²) in [5, 5.41) is 9.50. The molecule has 5 heteroatoms. The van der Waals surface area contributed by atoms with Gasteiger partial charge in [-0.05, 0) is 39.0 Å². The highest BCUT2D eigenvalue weighted by atomic mass is 16.6. The normalized spacial score (nSPS) is 40.6. The summed E-state index contributed by atoms with van der Waals surface area (Å²) in [5.41, 5.74) is -1.47. The Bertz CT molecular complexity index is 535. The van der Waals surface area contributed by atoms with Crippen molar-refractivity contribution in [2.45, 2.75) is 46.1 Å². The minimum Gasteiger partial charge on any atom is -0.464 e. The van der Waals surface area contributed by atoms with Crippen LogP contribution in [0.5, 0.6) is 0 Å². The number of hydrogen-bond acceptors (Lipinski definition) is 5. The molecule has 3 fully saturated rings. The maximum absolute atomic E-state index is 12.2. The number of rotatable bonds is 3. The van der Waals surface area contributed by atoms with Crippen LogP contribution in [0.15, 0.2) is 0 Å². The van der Waals surface area contributed by atoms with Gasteiger partial charge in [0.1, 0.15) is 6.10 Å². The Hall–Kier alpha value is -1.57. The zero-order valence-electron chi connectivity index (χ0n) is 12.7. The average molecular weight is 291 g/mol. The first kappa shape index (κ1) is 14.4. The lowest BCUT2D eigenvalue weighted by atomic mass is 9.68. The maximum atomic E-state index is 12.2. The van der Waals surface area contributed by atoms with Crippen LogP contribution < -0.4 is 0 Å². The lowest BCUT2D eigenvalue weighted by Crippen LogP contribution is -2.44. The van der Waals surface area contributed by atoms with Crippen LogP contribution in [0.1, 0.15) is 40.0 Å². The molecule has 0 aromatic carbocycles. The summed E-state index contributed by atoms with van der Waals surface area (Å²) in [6, 6.07) is 2.22. The average Bonchev–Trinajstić information content (AvgIpc) is 3.09. The van der Waals surface area contributed by atoms with Crippen LogP contribution in [0.25, 0.3) is 0 Å². The molecule has 2 aliphatic carbocycles. The first-order valence-electron chi connectivity index (χ1n) is 7.66. The van der Waals surface area contributed by atoms with E-state index in [1.165, 1.54) is 0 Å². The predicted molar refractivity (Wildman–Crippen MR) is 72.7 cm³/mol. The lowest BCUT2D eigenvalue weighted by Gasteiger charge is -2.34. The first-order valence-corrected chi connectivity index (χ1v) is 7.66. The van der Waals surface area contributed by atoms with E-state index in [1.54, 1.807) is 0 Å². The topological polar surface area (TPSA) is 76.4 Å². The van der Waals surface area contributed by atoms with Gasteiger partial charge in [0.05, 0.1) is 18.1 Å². The number of nitrogens with zero attached hydrogens (tertiary/aromatic N) is 1. The van der Waals surface area contributed by atoms with E-state index >= 15 is 0 Å². The van der Waals surface area contributed by atoms with E-state index < -0.39 is 10.8 Å². The van der Waals surface area contributed by atoms with Crippen LogP contribution in [0, 0.1) is 39.9 Å². The highest BCUT2D eigenvalue weighted by Gasteiger charge is 2.70. The zero-order chi connectivity index (χ0) is 15.4. The molecular weight excluding hydrogens is 270 g/mol. The quantitative estimate of drug-likeness (QED) is 0.744. The second-order valence-corrected chi connectivity index (χ2v) is 7.20. The number of hydrogen-bond donors (Lipinski definition) is 0. The minimum atomic E-state index is -0.978. The molecule has 0 aromatic heterocycles. The van der Waals surface area contributed by atoms with Gasteiger partial charge in [0.2, 0.25) is 0 Å². The molecule has 1 heterocycles. The molecule has 2 bridgehead atoms. The number of nitriles is 1. The van der Waals surface area contributed by atoms with Gasteiger partial charge >= 0.3 is 11.9 Å². The Kier molecular flexibility index (Phi) is 3.05. The van der Waals surface area contributed by atoms with Crippen molar-refractivity contribution in [1.29, 1.82) is 5.26 Å². The number of carbonyl (C=O) groups is 2. The SMILES string of the molecule is CCC(C)(C)C(=O)OC1CC2CC1C1COC(=O)C21C#N. The van der Waals surface area contributed by atoms with Gasteiger partial charge in [-0.2, -0.15) is 5.26 Å². The molecule has 0 N–H and O–H groups in total. The lowest BCUT2D eigenvalue weighted by molar-refractivity contribution is -0.164. The first-order chi connectivity index (χ1) is 9.86. The smallest absolute Gasteiger partial charge is 0.327 e. The van der Waals surface area contributed by atoms with Crippen LogP contribution in [-0.2, 0) is 19.1 Å². The van der Waals surface area contributed by atoms with Gasteiger partial charge in [-0.3, -0.25) is 9.59 Å². The van der Waals surface area contributed by atoms with Gasteiger partial charge in [-0.25, -0.2) is 0 Å². The van der Waals surface area contributed by atoms with E-state index in [-0.39, 0.29) is 35.8 Å². The third-order valence-corrected chi connectivity index (χ3v) is 5.91. The zero-order valence-corrected chi connectivity index (χ0v) is 12.7. The van der Waals surface area contributed by atoms with E-state index in [9.17, 15) is 14.9 Å². The Balaban J connectivity index is 1.77.